The highest BCUT2D eigenvalue weighted by Gasteiger charge is 2.34. The van der Waals surface area contributed by atoms with Crippen molar-refractivity contribution in [3.05, 3.63) is 70.8 Å². The number of nitrogens with zero attached hydrogens (tertiary/aromatic N) is 4. The minimum atomic E-state index is -0.0424. The topological polar surface area (TPSA) is 68.2 Å². The van der Waals surface area contributed by atoms with Gasteiger partial charge in [0.05, 0.1) is 22.8 Å². The number of thioether (sulfide) groups is 1. The van der Waals surface area contributed by atoms with Crippen molar-refractivity contribution in [2.24, 2.45) is 4.99 Å². The summed E-state index contributed by atoms with van der Waals surface area (Å²) >= 11 is 1.40. The number of hydrogen-bond donors (Lipinski definition) is 1. The number of carbonyl (C=O) groups is 2. The van der Waals surface area contributed by atoms with Gasteiger partial charge in [0.1, 0.15) is 0 Å². The highest BCUT2D eigenvalue weighted by Crippen LogP contribution is 2.36. The Bertz CT molecular complexity index is 1110. The Morgan fingerprint density at radius 2 is 1.85 bits per heavy atom. The average Bonchev–Trinajstić information content (AvgIpc) is 3.11. The molecule has 2 aromatic carbocycles. The van der Waals surface area contributed by atoms with E-state index < -0.39 is 0 Å². The van der Waals surface area contributed by atoms with E-state index in [9.17, 15) is 9.59 Å². The molecule has 0 radical (unpaired) electrons. The van der Waals surface area contributed by atoms with Crippen molar-refractivity contribution in [1.82, 2.24) is 14.7 Å². The molecule has 2 aliphatic heterocycles. The van der Waals surface area contributed by atoms with Crippen molar-refractivity contribution >= 4 is 40.0 Å². The van der Waals surface area contributed by atoms with E-state index in [-0.39, 0.29) is 11.7 Å². The summed E-state index contributed by atoms with van der Waals surface area (Å²) in [7, 11) is 2.11. The van der Waals surface area contributed by atoms with Crippen LogP contribution >= 0.6 is 11.8 Å². The smallest absolute Gasteiger partial charge is 0.268 e. The number of piperazine rings is 1. The number of amidine groups is 1. The first-order chi connectivity index (χ1) is 16.4. The van der Waals surface area contributed by atoms with E-state index in [4.69, 9.17) is 4.99 Å². The van der Waals surface area contributed by atoms with Gasteiger partial charge >= 0.3 is 0 Å². The van der Waals surface area contributed by atoms with E-state index >= 15 is 0 Å². The standard InChI is InChI=1S/C26H31N5O2S/c1-4-27-22-11-10-21(19(2)32)16-23(22)28-26-31(17-20-8-6-5-7-9-20)25(33)24(34-26)18-30-14-12-29(3)13-15-30/h5-11,16,18,27H,4,12-15,17H2,1-3H3/b24-18-,28-26+. The van der Waals surface area contributed by atoms with Gasteiger partial charge in [-0.05, 0) is 56.4 Å². The van der Waals surface area contributed by atoms with Crippen molar-refractivity contribution in [2.75, 3.05) is 45.1 Å². The van der Waals surface area contributed by atoms with Gasteiger partial charge in [-0.2, -0.15) is 0 Å². The van der Waals surface area contributed by atoms with Gasteiger partial charge in [0, 0.05) is 44.5 Å². The molecule has 0 atom stereocenters. The number of likely N-dealkylation sites (N-methyl/N-ethyl adjacent to an activating group) is 1. The molecular weight excluding hydrogens is 446 g/mol. The summed E-state index contributed by atoms with van der Waals surface area (Å²) < 4.78 is 0. The fourth-order valence-electron chi connectivity index (χ4n) is 3.89. The normalized spacial score (nSPS) is 19.3. The highest BCUT2D eigenvalue weighted by atomic mass is 32.2. The van der Waals surface area contributed by atoms with Gasteiger partial charge in [-0.25, -0.2) is 4.99 Å². The molecule has 8 heteroatoms. The molecule has 4 rings (SSSR count). The molecule has 2 fully saturated rings. The second-order valence-electron chi connectivity index (χ2n) is 8.52. The first kappa shape index (κ1) is 24.0. The molecule has 0 aromatic heterocycles. The fourth-order valence-corrected chi connectivity index (χ4v) is 4.89. The lowest BCUT2D eigenvalue weighted by Crippen LogP contribution is -2.42. The average molecular weight is 478 g/mol. The van der Waals surface area contributed by atoms with Crippen LogP contribution in [0.4, 0.5) is 11.4 Å². The van der Waals surface area contributed by atoms with E-state index in [0.717, 1.165) is 44.0 Å². The SMILES string of the molecule is CCNc1ccc(C(C)=O)cc1/N=C1/S/C(=C\N2CCN(C)CC2)C(=O)N1Cc1ccccc1. The lowest BCUT2D eigenvalue weighted by molar-refractivity contribution is -0.122. The molecule has 178 valence electrons. The first-order valence-electron chi connectivity index (χ1n) is 11.6. The van der Waals surface area contributed by atoms with Crippen LogP contribution < -0.4 is 5.32 Å². The molecule has 0 spiro atoms. The van der Waals surface area contributed by atoms with Crippen LogP contribution in [0.25, 0.3) is 0 Å². The van der Waals surface area contributed by atoms with Gasteiger partial charge in [0.15, 0.2) is 11.0 Å². The lowest BCUT2D eigenvalue weighted by atomic mass is 10.1. The molecule has 0 aliphatic carbocycles. The number of amides is 1. The van der Waals surface area contributed by atoms with Crippen LogP contribution in [0, 0.1) is 0 Å². The van der Waals surface area contributed by atoms with Gasteiger partial charge < -0.3 is 15.1 Å². The zero-order valence-electron chi connectivity index (χ0n) is 20.0. The number of anilines is 1. The molecule has 0 unspecified atom stereocenters. The van der Waals surface area contributed by atoms with Gasteiger partial charge in [-0.1, -0.05) is 30.3 Å². The predicted octanol–water partition coefficient (Wildman–Crippen LogP) is 4.17. The number of benzene rings is 2. The Morgan fingerprint density at radius 1 is 1.12 bits per heavy atom. The molecule has 0 saturated carbocycles. The summed E-state index contributed by atoms with van der Waals surface area (Å²) in [5, 5.41) is 3.93. The molecule has 1 amide bonds. The van der Waals surface area contributed by atoms with Crippen LogP contribution in [-0.2, 0) is 11.3 Å². The predicted molar refractivity (Wildman–Crippen MR) is 139 cm³/mol. The molecule has 2 aliphatic rings. The molecular formula is C26H31N5O2S. The fraction of sp³-hybridized carbons (Fsp3) is 0.346. The third kappa shape index (κ3) is 5.69. The lowest BCUT2D eigenvalue weighted by Gasteiger charge is -2.31. The minimum Gasteiger partial charge on any atom is -0.384 e. The van der Waals surface area contributed by atoms with E-state index in [1.807, 2.05) is 49.5 Å². The van der Waals surface area contributed by atoms with Crippen LogP contribution in [0.2, 0.25) is 0 Å². The van der Waals surface area contributed by atoms with Gasteiger partial charge in [0.2, 0.25) is 0 Å². The largest absolute Gasteiger partial charge is 0.384 e. The molecule has 0 bridgehead atoms. The maximum atomic E-state index is 13.5. The summed E-state index contributed by atoms with van der Waals surface area (Å²) in [6.07, 6.45) is 1.98. The van der Waals surface area contributed by atoms with E-state index in [0.29, 0.717) is 27.9 Å². The maximum Gasteiger partial charge on any atom is 0.268 e. The number of Topliss-reactive ketones (excluding diaryl/α,β-unsaturated/α-hetero) is 1. The van der Waals surface area contributed by atoms with Gasteiger partial charge in [0.25, 0.3) is 5.91 Å². The zero-order valence-corrected chi connectivity index (χ0v) is 20.8. The molecule has 2 heterocycles. The van der Waals surface area contributed by atoms with Crippen molar-refractivity contribution in [3.8, 4) is 0 Å². The van der Waals surface area contributed by atoms with Crippen molar-refractivity contribution in [1.29, 1.82) is 0 Å². The first-order valence-corrected chi connectivity index (χ1v) is 12.4. The Kier molecular flexibility index (Phi) is 7.70. The number of rotatable bonds is 7. The van der Waals surface area contributed by atoms with E-state index in [1.165, 1.54) is 11.8 Å². The molecule has 34 heavy (non-hydrogen) atoms. The van der Waals surface area contributed by atoms with Crippen LogP contribution in [0.15, 0.2) is 64.6 Å². The second-order valence-corrected chi connectivity index (χ2v) is 9.53. The quantitative estimate of drug-likeness (QED) is 0.477. The van der Waals surface area contributed by atoms with E-state index in [1.54, 1.807) is 24.0 Å². The summed E-state index contributed by atoms with van der Waals surface area (Å²) in [4.78, 5) is 37.3. The number of aliphatic imine (C=N–C) groups is 1. The number of ketones is 1. The van der Waals surface area contributed by atoms with Crippen LogP contribution in [-0.4, -0.2) is 71.3 Å². The number of hydrogen-bond acceptors (Lipinski definition) is 7. The Balaban J connectivity index is 1.70. The molecule has 1 N–H and O–H groups in total. The maximum absolute atomic E-state index is 13.5. The van der Waals surface area contributed by atoms with Crippen LogP contribution in [0.3, 0.4) is 0 Å². The van der Waals surface area contributed by atoms with E-state index in [2.05, 4.69) is 22.2 Å². The molecule has 2 aromatic rings. The third-order valence-electron chi connectivity index (χ3n) is 5.90. The number of nitrogens with one attached hydrogen (secondary N) is 1. The van der Waals surface area contributed by atoms with Gasteiger partial charge in [-0.15, -0.1) is 0 Å². The Hall–Kier alpha value is -3.10. The van der Waals surface area contributed by atoms with Crippen molar-refractivity contribution in [2.45, 2.75) is 20.4 Å². The Morgan fingerprint density at radius 3 is 2.53 bits per heavy atom. The van der Waals surface area contributed by atoms with Crippen molar-refractivity contribution in [3.63, 3.8) is 0 Å². The summed E-state index contributed by atoms with van der Waals surface area (Å²) in [6, 6.07) is 15.4. The minimum absolute atomic E-state index is 0.0172. The monoisotopic (exact) mass is 477 g/mol. The summed E-state index contributed by atoms with van der Waals surface area (Å²) in [5.74, 6) is -0.0595. The summed E-state index contributed by atoms with van der Waals surface area (Å²) in [6.45, 7) is 8.46. The highest BCUT2D eigenvalue weighted by molar-refractivity contribution is 8.18. The molecule has 7 nitrogen and oxygen atoms in total. The zero-order chi connectivity index (χ0) is 24.1. The third-order valence-corrected chi connectivity index (χ3v) is 6.89. The van der Waals surface area contributed by atoms with Gasteiger partial charge in [-0.3, -0.25) is 14.5 Å². The molecule has 2 saturated heterocycles. The Labute approximate surface area is 205 Å². The second kappa shape index (κ2) is 10.9. The van der Waals surface area contributed by atoms with Crippen molar-refractivity contribution < 1.29 is 9.59 Å². The summed E-state index contributed by atoms with van der Waals surface area (Å²) in [5.41, 5.74) is 3.13. The van der Waals surface area contributed by atoms with Crippen LogP contribution in [0.5, 0.6) is 0 Å². The number of carbonyl (C=O) groups excluding carboxylic acids is 2. The van der Waals surface area contributed by atoms with Crippen LogP contribution in [0.1, 0.15) is 29.8 Å².